The van der Waals surface area contributed by atoms with Crippen molar-refractivity contribution >= 4 is 24.0 Å². The molecule has 0 bridgehead atoms. The lowest BCUT2D eigenvalue weighted by Crippen LogP contribution is -2.29. The molecule has 0 unspecified atom stereocenters. The number of nitrogens with one attached hydrogen (secondary N) is 1. The molecule has 0 atom stereocenters. The largest absolute Gasteiger partial charge is 0.315 e. The third-order valence-electron chi connectivity index (χ3n) is 3.28. The lowest BCUT2D eigenvalue weighted by atomic mass is 10.2. The molecule has 0 aromatic carbocycles. The van der Waals surface area contributed by atoms with Gasteiger partial charge in [0.25, 0.3) is 12.3 Å². The van der Waals surface area contributed by atoms with E-state index in [1.807, 2.05) is 6.92 Å². The first-order valence-electron chi connectivity index (χ1n) is 6.82. The molecule has 1 aliphatic heterocycles. The summed E-state index contributed by atoms with van der Waals surface area (Å²) >= 11 is 0. The van der Waals surface area contributed by atoms with Crippen LogP contribution in [0.15, 0.2) is 35.5 Å². The first kappa shape index (κ1) is 14.9. The molecule has 0 radical (unpaired) electrons. The first-order valence-corrected chi connectivity index (χ1v) is 6.82. The summed E-state index contributed by atoms with van der Waals surface area (Å²) in [5, 5.41) is 9.98. The summed E-state index contributed by atoms with van der Waals surface area (Å²) in [6, 6.07) is 1.80. The fourth-order valence-corrected chi connectivity index (χ4v) is 2.15. The zero-order chi connectivity index (χ0) is 16.6. The number of carbonyl (C=O) groups excluding carboxylic acids is 1. The van der Waals surface area contributed by atoms with Crippen LogP contribution in [0.4, 0.5) is 8.78 Å². The number of alkyl halides is 2. The van der Waals surface area contributed by atoms with Crippen LogP contribution < -0.4 is 5.32 Å². The summed E-state index contributed by atoms with van der Waals surface area (Å²) in [7, 11) is 0. The minimum Gasteiger partial charge on any atom is -0.315 e. The van der Waals surface area contributed by atoms with Gasteiger partial charge in [-0.05, 0) is 12.5 Å². The van der Waals surface area contributed by atoms with Crippen LogP contribution in [0.25, 0.3) is 5.65 Å². The van der Waals surface area contributed by atoms with Gasteiger partial charge in [0.2, 0.25) is 11.9 Å². The molecule has 1 N–H and O–H groups in total. The Labute approximate surface area is 129 Å². The van der Waals surface area contributed by atoms with Gasteiger partial charge in [0.05, 0.1) is 6.20 Å². The third-order valence-corrected chi connectivity index (χ3v) is 3.28. The van der Waals surface area contributed by atoms with Crippen molar-refractivity contribution in [2.45, 2.75) is 19.8 Å². The normalized spacial score (nSPS) is 14.3. The number of hydrazone groups is 1. The van der Waals surface area contributed by atoms with Crippen molar-refractivity contribution in [2.24, 2.45) is 5.10 Å². The summed E-state index contributed by atoms with van der Waals surface area (Å²) in [5.74, 6) is -0.587. The lowest BCUT2D eigenvalue weighted by Gasteiger charge is -2.04. The number of halogens is 2. The Hall–Kier alpha value is -2.97. The van der Waals surface area contributed by atoms with Crippen molar-refractivity contribution in [1.29, 1.82) is 0 Å². The highest BCUT2D eigenvalue weighted by Gasteiger charge is 2.31. The van der Waals surface area contributed by atoms with Crippen LogP contribution in [0.3, 0.4) is 0 Å². The number of aromatic nitrogens is 3. The number of rotatable bonds is 4. The molecule has 1 amide bonds. The van der Waals surface area contributed by atoms with Gasteiger partial charge in [-0.15, -0.1) is 0 Å². The van der Waals surface area contributed by atoms with Crippen molar-refractivity contribution < 1.29 is 18.3 Å². The zero-order valence-corrected chi connectivity index (χ0v) is 12.2. The van der Waals surface area contributed by atoms with E-state index < -0.39 is 18.0 Å². The number of hydrogen-bond donors (Lipinski definition) is 1. The van der Waals surface area contributed by atoms with E-state index in [-0.39, 0.29) is 11.3 Å². The molecule has 0 saturated carbocycles. The van der Waals surface area contributed by atoms with Gasteiger partial charge in [-0.25, -0.2) is 18.3 Å². The van der Waals surface area contributed by atoms with Crippen molar-refractivity contribution in [3.8, 4) is 0 Å². The second-order valence-corrected chi connectivity index (χ2v) is 4.82. The van der Waals surface area contributed by atoms with Gasteiger partial charge >= 0.3 is 0 Å². The maximum absolute atomic E-state index is 12.9. The third kappa shape index (κ3) is 2.72. The van der Waals surface area contributed by atoms with Gasteiger partial charge in [-0.3, -0.25) is 4.79 Å². The maximum Gasteiger partial charge on any atom is 0.288 e. The summed E-state index contributed by atoms with van der Waals surface area (Å²) in [4.78, 5) is 16.7. The van der Waals surface area contributed by atoms with Crippen molar-refractivity contribution in [1.82, 2.24) is 19.9 Å². The molecule has 1 aliphatic rings. The predicted octanol–water partition coefficient (Wildman–Crippen LogP) is 1.21. The van der Waals surface area contributed by atoms with E-state index in [0.717, 1.165) is 10.4 Å². The van der Waals surface area contributed by atoms with E-state index in [1.54, 1.807) is 12.3 Å². The van der Waals surface area contributed by atoms with E-state index in [2.05, 4.69) is 27.2 Å². The summed E-state index contributed by atoms with van der Waals surface area (Å²) in [5.41, 5.74) is 0.726. The number of hydrogen-bond acceptors (Lipinski definition) is 4. The average Bonchev–Trinajstić information content (AvgIpc) is 3.09. The van der Waals surface area contributed by atoms with Gasteiger partial charge in [0, 0.05) is 17.0 Å². The number of allylic oxidation sites excluding steroid dienone is 1. The van der Waals surface area contributed by atoms with Gasteiger partial charge in [-0.2, -0.15) is 5.10 Å². The highest BCUT2D eigenvalue weighted by molar-refractivity contribution is 6.09. The van der Waals surface area contributed by atoms with Gasteiger partial charge < -0.3 is 5.32 Å². The molecule has 2 aromatic rings. The lowest BCUT2D eigenvalue weighted by molar-refractivity contribution is -0.449. The summed E-state index contributed by atoms with van der Waals surface area (Å²) in [6.45, 7) is 5.36. The molecule has 23 heavy (non-hydrogen) atoms. The number of nitrogens with zero attached hydrogens (tertiary/aromatic N) is 5. The van der Waals surface area contributed by atoms with E-state index in [9.17, 15) is 13.6 Å². The molecule has 7 nitrogen and oxygen atoms in total. The minimum absolute atomic E-state index is 0.0917. The molecule has 9 heteroatoms. The van der Waals surface area contributed by atoms with Crippen LogP contribution in [0.1, 0.15) is 23.0 Å². The number of aryl methyl sites for hydroxylation is 1. The zero-order valence-electron chi connectivity index (χ0n) is 12.2. The SMILES string of the molecule is C=[N+]1C=C(NC(=O)c2cnn3ccc(CC)nc23)C(C(F)F)=N1. The highest BCUT2D eigenvalue weighted by atomic mass is 19.3. The Kier molecular flexibility index (Phi) is 3.68. The Bertz CT molecular complexity index is 867. The van der Waals surface area contributed by atoms with Crippen LogP contribution in [0, 0.1) is 0 Å². The topological polar surface area (TPSA) is 74.7 Å². The smallest absolute Gasteiger partial charge is 0.288 e. The van der Waals surface area contributed by atoms with Crippen LogP contribution in [0.2, 0.25) is 0 Å². The number of carbonyl (C=O) groups is 1. The van der Waals surface area contributed by atoms with E-state index in [0.29, 0.717) is 12.1 Å². The quantitative estimate of drug-likeness (QED) is 0.861. The van der Waals surface area contributed by atoms with Gasteiger partial charge in [-0.1, -0.05) is 11.6 Å². The number of fused-ring (bicyclic) bond motifs is 1. The van der Waals surface area contributed by atoms with E-state index >= 15 is 0 Å². The van der Waals surface area contributed by atoms with Crippen LogP contribution >= 0.6 is 0 Å². The van der Waals surface area contributed by atoms with Crippen molar-refractivity contribution in [2.75, 3.05) is 0 Å². The molecule has 0 fully saturated rings. The Morgan fingerprint density at radius 2 is 2.30 bits per heavy atom. The molecule has 2 aromatic heterocycles. The second kappa shape index (κ2) is 5.67. The molecule has 3 heterocycles. The molecule has 0 aliphatic carbocycles. The second-order valence-electron chi connectivity index (χ2n) is 4.82. The highest BCUT2D eigenvalue weighted by Crippen LogP contribution is 2.14. The molecule has 118 valence electrons. The van der Waals surface area contributed by atoms with Crippen molar-refractivity contribution in [3.05, 3.63) is 41.6 Å². The van der Waals surface area contributed by atoms with Gasteiger partial charge in [0.1, 0.15) is 11.3 Å². The fraction of sp³-hybridized carbons (Fsp3) is 0.214. The molecule has 0 spiro atoms. The van der Waals surface area contributed by atoms with E-state index in [1.165, 1.54) is 16.9 Å². The predicted molar refractivity (Wildman–Crippen MR) is 78.7 cm³/mol. The van der Waals surface area contributed by atoms with Gasteiger partial charge in [0.15, 0.2) is 12.4 Å². The Morgan fingerprint density at radius 1 is 1.52 bits per heavy atom. The maximum atomic E-state index is 12.9. The van der Waals surface area contributed by atoms with Crippen LogP contribution in [-0.4, -0.2) is 44.0 Å². The molecular formula is C14H13F2N6O+. The first-order chi connectivity index (χ1) is 11.0. The monoisotopic (exact) mass is 319 g/mol. The fourth-order valence-electron chi connectivity index (χ4n) is 2.15. The molecular weight excluding hydrogens is 306 g/mol. The van der Waals surface area contributed by atoms with Crippen LogP contribution in [0.5, 0.6) is 0 Å². The van der Waals surface area contributed by atoms with Crippen LogP contribution in [-0.2, 0) is 6.42 Å². The Morgan fingerprint density at radius 3 is 3.00 bits per heavy atom. The van der Waals surface area contributed by atoms with E-state index in [4.69, 9.17) is 0 Å². The summed E-state index contributed by atoms with van der Waals surface area (Å²) in [6.07, 6.45) is 2.13. The number of amides is 1. The minimum atomic E-state index is -2.82. The summed E-state index contributed by atoms with van der Waals surface area (Å²) < 4.78 is 28.2. The average molecular weight is 319 g/mol. The standard InChI is InChI=1S/C14H12F2N6O/c1-3-8-4-5-22-13(18-8)9(6-17-22)14(23)19-10-7-21(2)20-11(10)12(15)16/h4-7,12H,2-3H2,1H3/p+1. The van der Waals surface area contributed by atoms with Crippen molar-refractivity contribution in [3.63, 3.8) is 0 Å². The molecule has 0 saturated heterocycles. The Balaban J connectivity index is 1.91. The molecule has 3 rings (SSSR count).